The zero-order valence-corrected chi connectivity index (χ0v) is 17.1. The molecule has 0 saturated heterocycles. The second kappa shape index (κ2) is 9.55. The van der Waals surface area contributed by atoms with Crippen LogP contribution in [-0.2, 0) is 14.3 Å². The largest absolute Gasteiger partial charge is 0.459 e. The number of hydrogen-bond acceptors (Lipinski definition) is 5. The van der Waals surface area contributed by atoms with E-state index >= 15 is 0 Å². The van der Waals surface area contributed by atoms with Gasteiger partial charge in [-0.05, 0) is 63.1 Å². The number of carbonyl (C=O) groups excluding carboxylic acids is 2. The molecule has 0 aliphatic carbocycles. The van der Waals surface area contributed by atoms with Gasteiger partial charge in [-0.3, -0.25) is 0 Å². The number of allylic oxidation sites excluding steroid dienone is 2. The summed E-state index contributed by atoms with van der Waals surface area (Å²) in [7, 11) is 0. The third-order valence-corrected chi connectivity index (χ3v) is 3.96. The van der Waals surface area contributed by atoms with Crippen molar-refractivity contribution in [3.05, 3.63) is 84.4 Å². The molecule has 0 spiro atoms. The van der Waals surface area contributed by atoms with Crippen molar-refractivity contribution >= 4 is 11.9 Å². The van der Waals surface area contributed by atoms with Gasteiger partial charge in [0.1, 0.15) is 23.0 Å². The first-order valence-corrected chi connectivity index (χ1v) is 8.98. The van der Waals surface area contributed by atoms with Gasteiger partial charge in [0, 0.05) is 11.1 Å². The molecule has 0 radical (unpaired) electrons. The number of ether oxygens (including phenoxy) is 3. The molecule has 150 valence electrons. The van der Waals surface area contributed by atoms with Gasteiger partial charge in [0.2, 0.25) is 0 Å². The van der Waals surface area contributed by atoms with Gasteiger partial charge in [0.15, 0.2) is 0 Å². The second-order valence-corrected chi connectivity index (χ2v) is 6.60. The van der Waals surface area contributed by atoms with Gasteiger partial charge in [0.25, 0.3) is 0 Å². The summed E-state index contributed by atoms with van der Waals surface area (Å²) in [5, 5.41) is 0. The first kappa shape index (κ1) is 21.7. The normalized spacial score (nSPS) is 11.2. The van der Waals surface area contributed by atoms with E-state index in [-0.39, 0.29) is 0 Å². The van der Waals surface area contributed by atoms with E-state index in [9.17, 15) is 9.59 Å². The summed E-state index contributed by atoms with van der Waals surface area (Å²) in [6.45, 7) is 13.7. The number of carbonyl (C=O) groups is 2. The molecule has 2 rings (SSSR count). The molecule has 0 amide bonds. The third kappa shape index (κ3) is 6.21. The van der Waals surface area contributed by atoms with Crippen molar-refractivity contribution in [2.45, 2.75) is 27.7 Å². The Labute approximate surface area is 170 Å². The first-order valence-electron chi connectivity index (χ1n) is 8.98. The van der Waals surface area contributed by atoms with E-state index in [0.717, 1.165) is 11.1 Å². The van der Waals surface area contributed by atoms with Gasteiger partial charge >= 0.3 is 11.9 Å². The molecule has 5 heteroatoms. The van der Waals surface area contributed by atoms with E-state index in [4.69, 9.17) is 14.2 Å². The molecule has 0 N–H and O–H groups in total. The van der Waals surface area contributed by atoms with Crippen molar-refractivity contribution in [2.75, 3.05) is 0 Å². The second-order valence-electron chi connectivity index (χ2n) is 6.60. The maximum Gasteiger partial charge on any atom is 0.338 e. The predicted octanol–water partition coefficient (Wildman–Crippen LogP) is 5.58. The van der Waals surface area contributed by atoms with Crippen LogP contribution >= 0.6 is 0 Å². The van der Waals surface area contributed by atoms with Crippen molar-refractivity contribution in [1.82, 2.24) is 0 Å². The number of hydrogen-bond donors (Lipinski definition) is 0. The van der Waals surface area contributed by atoms with Crippen LogP contribution in [0, 0.1) is 0 Å². The molecule has 2 aromatic carbocycles. The van der Waals surface area contributed by atoms with Crippen molar-refractivity contribution in [1.29, 1.82) is 0 Å². The molecule has 0 atom stereocenters. The zero-order valence-electron chi connectivity index (χ0n) is 17.1. The predicted molar refractivity (Wildman–Crippen MR) is 112 cm³/mol. The van der Waals surface area contributed by atoms with E-state index in [0.29, 0.717) is 34.2 Å². The average molecular weight is 392 g/mol. The van der Waals surface area contributed by atoms with Gasteiger partial charge in [-0.1, -0.05) is 37.4 Å². The molecule has 0 saturated carbocycles. The molecule has 0 unspecified atom stereocenters. The lowest BCUT2D eigenvalue weighted by atomic mass is 10.1. The lowest BCUT2D eigenvalue weighted by Crippen LogP contribution is -2.07. The topological polar surface area (TPSA) is 61.8 Å². The SMILES string of the molecule is C=C(C)C(=O)O/C(C)=C(/C)Oc1ccc(-c2ccc(OC(=O)C(=C)C)cc2)cc1. The van der Waals surface area contributed by atoms with E-state index in [2.05, 4.69) is 13.2 Å². The fourth-order valence-electron chi connectivity index (χ4n) is 2.17. The van der Waals surface area contributed by atoms with Crippen LogP contribution in [0.4, 0.5) is 0 Å². The van der Waals surface area contributed by atoms with Gasteiger partial charge in [-0.2, -0.15) is 0 Å². The van der Waals surface area contributed by atoms with Crippen LogP contribution in [0.25, 0.3) is 11.1 Å². The fourth-order valence-corrected chi connectivity index (χ4v) is 2.17. The van der Waals surface area contributed by atoms with Crippen molar-refractivity contribution in [3.63, 3.8) is 0 Å². The van der Waals surface area contributed by atoms with Crippen LogP contribution in [0.1, 0.15) is 27.7 Å². The molecular weight excluding hydrogens is 368 g/mol. The lowest BCUT2D eigenvalue weighted by molar-refractivity contribution is -0.135. The number of esters is 2. The average Bonchev–Trinajstić information content (AvgIpc) is 2.68. The highest BCUT2D eigenvalue weighted by molar-refractivity contribution is 5.89. The van der Waals surface area contributed by atoms with Gasteiger partial charge in [-0.25, -0.2) is 9.59 Å². The van der Waals surface area contributed by atoms with Crippen LogP contribution in [-0.4, -0.2) is 11.9 Å². The van der Waals surface area contributed by atoms with Crippen molar-refractivity contribution in [2.24, 2.45) is 0 Å². The summed E-state index contributed by atoms with van der Waals surface area (Å²) in [4.78, 5) is 23.1. The molecule has 0 aliphatic heterocycles. The van der Waals surface area contributed by atoms with Crippen LogP contribution in [0.15, 0.2) is 84.4 Å². The fraction of sp³-hybridized carbons (Fsp3) is 0.167. The summed E-state index contributed by atoms with van der Waals surface area (Å²) in [6, 6.07) is 14.6. The Morgan fingerprint density at radius 2 is 1.03 bits per heavy atom. The molecule has 0 aromatic heterocycles. The monoisotopic (exact) mass is 392 g/mol. The van der Waals surface area contributed by atoms with E-state index in [1.165, 1.54) is 0 Å². The highest BCUT2D eigenvalue weighted by Gasteiger charge is 2.09. The Morgan fingerprint density at radius 1 is 0.621 bits per heavy atom. The van der Waals surface area contributed by atoms with E-state index in [1.54, 1.807) is 39.8 Å². The van der Waals surface area contributed by atoms with Gasteiger partial charge in [0.05, 0.1) is 0 Å². The minimum atomic E-state index is -0.488. The van der Waals surface area contributed by atoms with E-state index < -0.39 is 11.9 Å². The maximum absolute atomic E-state index is 11.6. The Bertz CT molecular complexity index is 963. The molecule has 5 nitrogen and oxygen atoms in total. The quantitative estimate of drug-likeness (QED) is 0.266. The Balaban J connectivity index is 2.06. The van der Waals surface area contributed by atoms with Crippen LogP contribution in [0.3, 0.4) is 0 Å². The summed E-state index contributed by atoms with van der Waals surface area (Å²) in [6.07, 6.45) is 0. The van der Waals surface area contributed by atoms with Crippen molar-refractivity contribution < 1.29 is 23.8 Å². The zero-order chi connectivity index (χ0) is 21.6. The molecular formula is C24H24O5. The first-order chi connectivity index (χ1) is 13.7. The van der Waals surface area contributed by atoms with Gasteiger partial charge < -0.3 is 14.2 Å². The minimum absolute atomic E-state index is 0.321. The summed E-state index contributed by atoms with van der Waals surface area (Å²) in [5.41, 5.74) is 2.60. The highest BCUT2D eigenvalue weighted by Crippen LogP contribution is 2.26. The lowest BCUT2D eigenvalue weighted by Gasteiger charge is -2.11. The Hall–Kier alpha value is -3.60. The minimum Gasteiger partial charge on any atom is -0.459 e. The molecule has 0 heterocycles. The molecule has 0 fully saturated rings. The third-order valence-electron chi connectivity index (χ3n) is 3.96. The summed E-state index contributed by atoms with van der Waals surface area (Å²) >= 11 is 0. The van der Waals surface area contributed by atoms with Crippen LogP contribution in [0.5, 0.6) is 11.5 Å². The van der Waals surface area contributed by atoms with Crippen molar-refractivity contribution in [3.8, 4) is 22.6 Å². The molecule has 2 aromatic rings. The highest BCUT2D eigenvalue weighted by atomic mass is 16.6. The van der Waals surface area contributed by atoms with Gasteiger partial charge in [-0.15, -0.1) is 0 Å². The number of benzene rings is 2. The standard InChI is InChI=1S/C24H24O5/c1-15(2)23(25)28-18(6)17(5)27-21-11-7-19(8-12-21)20-9-13-22(14-10-20)29-24(26)16(3)4/h7-14H,1,3H2,2,4-6H3/b18-17-. The Morgan fingerprint density at radius 3 is 1.45 bits per heavy atom. The molecule has 29 heavy (non-hydrogen) atoms. The molecule has 0 bridgehead atoms. The number of rotatable bonds is 7. The summed E-state index contributed by atoms with van der Waals surface area (Å²) < 4.78 is 16.1. The van der Waals surface area contributed by atoms with Crippen LogP contribution < -0.4 is 9.47 Å². The smallest absolute Gasteiger partial charge is 0.338 e. The Kier molecular flexibility index (Phi) is 7.15. The van der Waals surface area contributed by atoms with Crippen LogP contribution in [0.2, 0.25) is 0 Å². The molecule has 0 aliphatic rings. The van der Waals surface area contributed by atoms with E-state index in [1.807, 2.05) is 36.4 Å². The summed E-state index contributed by atoms with van der Waals surface area (Å²) in [5.74, 6) is 0.995. The maximum atomic E-state index is 11.6.